The Balaban J connectivity index is 1.15. The number of nitro groups is 1. The van der Waals surface area contributed by atoms with Gasteiger partial charge in [-0.3, -0.25) is 19.8 Å². The van der Waals surface area contributed by atoms with Gasteiger partial charge < -0.3 is 10.2 Å². The Morgan fingerprint density at radius 2 is 1.56 bits per heavy atom. The molecule has 1 aliphatic heterocycles. The SMILES string of the molecule is NS(=O)(=O)c1ccc(NCCSc2ccccc2)c([N+](=O)[O-])c1C(=O)c1ccc(N2CCN(Cc3ccccc3-c3ccc(Cl)c(Cl)c3)CC2)cc1. The number of hydrogen-bond donors (Lipinski definition) is 2. The molecule has 6 rings (SSSR count). The summed E-state index contributed by atoms with van der Waals surface area (Å²) < 4.78 is 25.1. The van der Waals surface area contributed by atoms with Crippen LogP contribution >= 0.6 is 35.0 Å². The molecule has 3 N–H and O–H groups in total. The highest BCUT2D eigenvalue weighted by molar-refractivity contribution is 7.99. The van der Waals surface area contributed by atoms with E-state index in [1.165, 1.54) is 11.6 Å². The molecule has 0 aliphatic carbocycles. The maximum atomic E-state index is 13.9. The van der Waals surface area contributed by atoms with Crippen molar-refractivity contribution in [1.82, 2.24) is 4.90 Å². The first kappa shape index (κ1) is 37.3. The Hall–Kier alpha value is -4.43. The van der Waals surface area contributed by atoms with E-state index in [2.05, 4.69) is 27.2 Å². The van der Waals surface area contributed by atoms with Crippen molar-refractivity contribution in [1.29, 1.82) is 0 Å². The van der Waals surface area contributed by atoms with Crippen molar-refractivity contribution >= 4 is 67.8 Å². The Bertz CT molecular complexity index is 2200. The van der Waals surface area contributed by atoms with Gasteiger partial charge in [0.25, 0.3) is 0 Å². The number of ketones is 1. The van der Waals surface area contributed by atoms with Crippen LogP contribution in [0.25, 0.3) is 11.1 Å². The number of nitrogens with two attached hydrogens (primary N) is 1. The number of hydrogen-bond acceptors (Lipinski definition) is 9. The van der Waals surface area contributed by atoms with Crippen LogP contribution in [0.3, 0.4) is 0 Å². The minimum Gasteiger partial charge on any atom is -0.379 e. The monoisotopic (exact) mass is 775 g/mol. The molecule has 0 atom stereocenters. The van der Waals surface area contributed by atoms with Crippen LogP contribution in [0.5, 0.6) is 0 Å². The van der Waals surface area contributed by atoms with Crippen molar-refractivity contribution < 1.29 is 18.1 Å². The maximum Gasteiger partial charge on any atom is 0.304 e. The summed E-state index contributed by atoms with van der Waals surface area (Å²) >= 11 is 14.0. The lowest BCUT2D eigenvalue weighted by Crippen LogP contribution is -2.46. The van der Waals surface area contributed by atoms with Crippen LogP contribution in [0.4, 0.5) is 17.1 Å². The molecule has 1 fully saturated rings. The number of rotatable bonds is 13. The predicted molar refractivity (Wildman–Crippen MR) is 209 cm³/mol. The van der Waals surface area contributed by atoms with E-state index in [-0.39, 0.29) is 11.3 Å². The van der Waals surface area contributed by atoms with Gasteiger partial charge in [0.05, 0.1) is 15.0 Å². The van der Waals surface area contributed by atoms with E-state index < -0.39 is 36.9 Å². The van der Waals surface area contributed by atoms with Crippen LogP contribution < -0.4 is 15.4 Å². The Morgan fingerprint density at radius 1 is 0.865 bits per heavy atom. The lowest BCUT2D eigenvalue weighted by molar-refractivity contribution is -0.384. The summed E-state index contributed by atoms with van der Waals surface area (Å²) in [5.41, 5.74) is 3.07. The summed E-state index contributed by atoms with van der Waals surface area (Å²) in [6.07, 6.45) is 0. The second-order valence-electron chi connectivity index (χ2n) is 12.2. The van der Waals surface area contributed by atoms with E-state index in [0.29, 0.717) is 22.3 Å². The molecule has 14 heteroatoms. The van der Waals surface area contributed by atoms with Gasteiger partial charge in [-0.05, 0) is 77.4 Å². The molecule has 0 aromatic heterocycles. The Labute approximate surface area is 316 Å². The van der Waals surface area contributed by atoms with Gasteiger partial charge in [0.15, 0.2) is 0 Å². The molecule has 1 saturated heterocycles. The van der Waals surface area contributed by atoms with Crippen LogP contribution in [-0.2, 0) is 16.6 Å². The minimum atomic E-state index is -4.48. The third-order valence-electron chi connectivity index (χ3n) is 8.79. The summed E-state index contributed by atoms with van der Waals surface area (Å²) in [4.78, 5) is 30.5. The molecule has 268 valence electrons. The number of anilines is 2. The molecule has 0 amide bonds. The van der Waals surface area contributed by atoms with E-state index >= 15 is 0 Å². The number of nitro benzene ring substituents is 1. The topological polar surface area (TPSA) is 139 Å². The highest BCUT2D eigenvalue weighted by Gasteiger charge is 2.33. The molecule has 0 saturated carbocycles. The molecule has 5 aromatic rings. The average molecular weight is 777 g/mol. The number of carbonyl (C=O) groups is 1. The largest absolute Gasteiger partial charge is 0.379 e. The molecule has 5 aromatic carbocycles. The van der Waals surface area contributed by atoms with E-state index in [9.17, 15) is 23.3 Å². The normalized spacial score (nSPS) is 13.6. The third kappa shape index (κ3) is 8.77. The van der Waals surface area contributed by atoms with Gasteiger partial charge in [-0.15, -0.1) is 11.8 Å². The highest BCUT2D eigenvalue weighted by Crippen LogP contribution is 2.36. The second kappa shape index (κ2) is 16.5. The number of nitrogens with one attached hydrogen (secondary N) is 1. The number of carbonyl (C=O) groups excluding carboxylic acids is 1. The summed E-state index contributed by atoms with van der Waals surface area (Å²) in [6.45, 7) is 4.14. The van der Waals surface area contributed by atoms with Gasteiger partial charge in [0, 0.05) is 61.2 Å². The number of thioether (sulfide) groups is 1. The fourth-order valence-corrected chi connectivity index (χ4v) is 8.03. The molecule has 1 aliphatic rings. The van der Waals surface area contributed by atoms with Gasteiger partial charge >= 0.3 is 5.69 Å². The fraction of sp³-hybridized carbons (Fsp3) is 0.184. The predicted octanol–water partition coefficient (Wildman–Crippen LogP) is 7.97. The smallest absolute Gasteiger partial charge is 0.304 e. The summed E-state index contributed by atoms with van der Waals surface area (Å²) in [5, 5.41) is 21.9. The van der Waals surface area contributed by atoms with Crippen molar-refractivity contribution in [2.45, 2.75) is 16.3 Å². The molecular formula is C38H35Cl2N5O5S2. The summed E-state index contributed by atoms with van der Waals surface area (Å²) in [5.74, 6) is -0.238. The second-order valence-corrected chi connectivity index (χ2v) is 15.7. The average Bonchev–Trinajstić information content (AvgIpc) is 3.14. The van der Waals surface area contributed by atoms with Gasteiger partial charge in [-0.1, -0.05) is 71.7 Å². The first-order valence-electron chi connectivity index (χ1n) is 16.4. The van der Waals surface area contributed by atoms with E-state index in [1.54, 1.807) is 42.1 Å². The van der Waals surface area contributed by atoms with Crippen molar-refractivity contribution in [3.05, 3.63) is 146 Å². The zero-order valence-electron chi connectivity index (χ0n) is 27.9. The van der Waals surface area contributed by atoms with Gasteiger partial charge in [0.1, 0.15) is 16.1 Å². The van der Waals surface area contributed by atoms with Crippen molar-refractivity contribution in [2.24, 2.45) is 5.14 Å². The van der Waals surface area contributed by atoms with E-state index in [1.807, 2.05) is 54.6 Å². The third-order valence-corrected chi connectivity index (χ3v) is 11.5. The molecule has 10 nitrogen and oxygen atoms in total. The molecule has 0 spiro atoms. The number of halogens is 2. The van der Waals surface area contributed by atoms with Crippen molar-refractivity contribution in [3.8, 4) is 11.1 Å². The van der Waals surface area contributed by atoms with Gasteiger partial charge in [-0.2, -0.15) is 0 Å². The zero-order chi connectivity index (χ0) is 36.8. The fourth-order valence-electron chi connectivity index (χ4n) is 6.21. The van der Waals surface area contributed by atoms with E-state index in [0.717, 1.165) is 60.5 Å². The summed E-state index contributed by atoms with van der Waals surface area (Å²) in [6, 6.07) is 32.6. The highest BCUT2D eigenvalue weighted by atomic mass is 35.5. The van der Waals surface area contributed by atoms with Crippen LogP contribution in [0, 0.1) is 10.1 Å². The molecule has 0 bridgehead atoms. The molecule has 1 heterocycles. The van der Waals surface area contributed by atoms with Crippen LogP contribution in [0.2, 0.25) is 10.0 Å². The number of primary sulfonamides is 1. The molecule has 0 radical (unpaired) electrons. The first-order valence-corrected chi connectivity index (χ1v) is 19.7. The number of benzene rings is 5. The Morgan fingerprint density at radius 3 is 2.23 bits per heavy atom. The zero-order valence-corrected chi connectivity index (χ0v) is 31.0. The minimum absolute atomic E-state index is 0.0310. The quantitative estimate of drug-likeness (QED) is 0.0401. The van der Waals surface area contributed by atoms with Crippen LogP contribution in [0.15, 0.2) is 119 Å². The van der Waals surface area contributed by atoms with Crippen molar-refractivity contribution in [2.75, 3.05) is 48.7 Å². The number of nitrogens with zero attached hydrogens (tertiary/aromatic N) is 3. The lowest BCUT2D eigenvalue weighted by atomic mass is 9.99. The first-order chi connectivity index (χ1) is 25.0. The standard InChI is InChI=1S/C38H35Cl2N5O5S2/c39-32-15-12-27(24-33(32)40)31-9-5-4-6-28(31)25-43-19-21-44(22-20-43)29-13-10-26(11-14-29)38(46)36-35(52(41,49)50)17-16-34(37(36)45(47)48)42-18-23-51-30-7-2-1-3-8-30/h1-17,24,42H,18-23,25H2,(H2,41,49,50). The number of sulfonamides is 1. The Kier molecular flexibility index (Phi) is 11.8. The molecule has 52 heavy (non-hydrogen) atoms. The summed E-state index contributed by atoms with van der Waals surface area (Å²) in [7, 11) is -4.48. The van der Waals surface area contributed by atoms with Crippen molar-refractivity contribution in [3.63, 3.8) is 0 Å². The lowest BCUT2D eigenvalue weighted by Gasteiger charge is -2.36. The van der Waals surface area contributed by atoms with Crippen LogP contribution in [-0.4, -0.2) is 62.5 Å². The van der Waals surface area contributed by atoms with Gasteiger partial charge in [-0.25, -0.2) is 13.6 Å². The molecule has 0 unspecified atom stereocenters. The van der Waals surface area contributed by atoms with Gasteiger partial charge in [0.2, 0.25) is 15.8 Å². The molecular weight excluding hydrogens is 741 g/mol. The van der Waals surface area contributed by atoms with E-state index in [4.69, 9.17) is 28.3 Å². The number of piperazine rings is 1. The van der Waals surface area contributed by atoms with Crippen LogP contribution in [0.1, 0.15) is 21.5 Å². The maximum absolute atomic E-state index is 13.9.